The van der Waals surface area contributed by atoms with E-state index < -0.39 is 21.2 Å². The number of rotatable bonds is 7. The first-order chi connectivity index (χ1) is 7.77. The van der Waals surface area contributed by atoms with Gasteiger partial charge in [-0.25, -0.2) is 12.7 Å². The van der Waals surface area contributed by atoms with Gasteiger partial charge in [0, 0.05) is 13.6 Å². The van der Waals surface area contributed by atoms with Crippen molar-refractivity contribution < 1.29 is 17.9 Å². The second kappa shape index (κ2) is 6.87. The zero-order valence-corrected chi connectivity index (χ0v) is 11.8. The second-order valence-electron chi connectivity index (χ2n) is 3.49. The van der Waals surface area contributed by atoms with Gasteiger partial charge in [-0.2, -0.15) is 0 Å². The highest BCUT2D eigenvalue weighted by molar-refractivity contribution is 7.92. The molecule has 2 N–H and O–H groups in total. The molecule has 17 heavy (non-hydrogen) atoms. The van der Waals surface area contributed by atoms with E-state index in [2.05, 4.69) is 4.74 Å². The smallest absolute Gasteiger partial charge is 0.306 e. The lowest BCUT2D eigenvalue weighted by Crippen LogP contribution is -2.43. The number of sulfonamides is 1. The summed E-state index contributed by atoms with van der Waals surface area (Å²) in [5, 5.41) is -0.889. The van der Waals surface area contributed by atoms with E-state index in [1.54, 1.807) is 6.92 Å². The Hall–Kier alpha value is -0.730. The largest absolute Gasteiger partial charge is 0.469 e. The maximum absolute atomic E-state index is 12.0. The molecule has 0 aromatic carbocycles. The number of hydrogen-bond acceptors (Lipinski definition) is 5. The molecule has 100 valence electrons. The summed E-state index contributed by atoms with van der Waals surface area (Å²) in [7, 11) is -0.956. The molecule has 0 radical (unpaired) electrons. The number of carbonyl (C=O) groups excluding carboxylic acids is 1. The van der Waals surface area contributed by atoms with Gasteiger partial charge in [0.1, 0.15) is 5.25 Å². The Morgan fingerprint density at radius 2 is 2.06 bits per heavy atom. The van der Waals surface area contributed by atoms with E-state index in [1.165, 1.54) is 14.2 Å². The minimum atomic E-state index is -3.59. The Bertz CT molecular complexity index is 380. The van der Waals surface area contributed by atoms with Crippen LogP contribution in [0.25, 0.3) is 0 Å². The third kappa shape index (κ3) is 4.57. The lowest BCUT2D eigenvalue weighted by Gasteiger charge is -2.22. The van der Waals surface area contributed by atoms with Crippen molar-refractivity contribution in [3.8, 4) is 0 Å². The van der Waals surface area contributed by atoms with Crippen molar-refractivity contribution in [2.45, 2.75) is 25.0 Å². The molecule has 0 aliphatic heterocycles. The summed E-state index contributed by atoms with van der Waals surface area (Å²) in [4.78, 5) is 10.9. The Kier molecular flexibility index (Phi) is 6.58. The molecular weight excluding hydrogens is 264 g/mol. The van der Waals surface area contributed by atoms with E-state index in [1.807, 2.05) is 0 Å². The lowest BCUT2D eigenvalue weighted by molar-refractivity contribution is -0.140. The first-order valence-electron chi connectivity index (χ1n) is 5.08. The quantitative estimate of drug-likeness (QED) is 0.517. The maximum atomic E-state index is 12.0. The number of nitrogens with zero attached hydrogens (tertiary/aromatic N) is 1. The van der Waals surface area contributed by atoms with Gasteiger partial charge in [-0.3, -0.25) is 4.79 Å². The van der Waals surface area contributed by atoms with Crippen LogP contribution >= 0.6 is 12.2 Å². The number of carbonyl (C=O) groups is 1. The van der Waals surface area contributed by atoms with Crippen LogP contribution in [0.1, 0.15) is 19.8 Å². The predicted molar refractivity (Wildman–Crippen MR) is 69.0 cm³/mol. The van der Waals surface area contributed by atoms with E-state index in [9.17, 15) is 13.2 Å². The van der Waals surface area contributed by atoms with Crippen molar-refractivity contribution in [3.05, 3.63) is 0 Å². The molecule has 0 amide bonds. The van der Waals surface area contributed by atoms with Gasteiger partial charge < -0.3 is 10.5 Å². The molecule has 0 aliphatic rings. The fourth-order valence-electron chi connectivity index (χ4n) is 1.25. The molecule has 1 unspecified atom stereocenters. The summed E-state index contributed by atoms with van der Waals surface area (Å²) in [6.07, 6.45) is 0.306. The van der Waals surface area contributed by atoms with Gasteiger partial charge >= 0.3 is 5.97 Å². The Morgan fingerprint density at radius 1 is 1.53 bits per heavy atom. The number of thiocarbonyl (C=S) groups is 1. The van der Waals surface area contributed by atoms with E-state index >= 15 is 0 Å². The van der Waals surface area contributed by atoms with Gasteiger partial charge in [-0.1, -0.05) is 19.1 Å². The third-order valence-electron chi connectivity index (χ3n) is 2.34. The van der Waals surface area contributed by atoms with E-state index in [-0.39, 0.29) is 18.0 Å². The van der Waals surface area contributed by atoms with Crippen LogP contribution in [0, 0.1) is 0 Å². The van der Waals surface area contributed by atoms with Gasteiger partial charge in [0.25, 0.3) is 0 Å². The highest BCUT2D eigenvalue weighted by Gasteiger charge is 2.30. The van der Waals surface area contributed by atoms with Crippen molar-refractivity contribution in [2.75, 3.05) is 20.7 Å². The zero-order chi connectivity index (χ0) is 13.6. The van der Waals surface area contributed by atoms with Crippen LogP contribution in [-0.2, 0) is 19.6 Å². The van der Waals surface area contributed by atoms with Gasteiger partial charge in [-0.15, -0.1) is 0 Å². The average molecular weight is 282 g/mol. The van der Waals surface area contributed by atoms with Crippen LogP contribution in [0.4, 0.5) is 0 Å². The van der Waals surface area contributed by atoms with Gasteiger partial charge in [0.05, 0.1) is 18.5 Å². The van der Waals surface area contributed by atoms with Crippen LogP contribution in [-0.4, -0.2) is 49.6 Å². The van der Waals surface area contributed by atoms with E-state index in [0.29, 0.717) is 6.42 Å². The molecule has 0 aromatic rings. The van der Waals surface area contributed by atoms with Crippen molar-refractivity contribution in [1.29, 1.82) is 0 Å². The highest BCUT2D eigenvalue weighted by Crippen LogP contribution is 2.11. The normalized spacial score (nSPS) is 13.4. The molecule has 0 bridgehead atoms. The summed E-state index contributed by atoms with van der Waals surface area (Å²) >= 11 is 4.72. The number of nitrogens with two attached hydrogens (primary N) is 1. The van der Waals surface area contributed by atoms with Crippen LogP contribution in [0.2, 0.25) is 0 Å². The van der Waals surface area contributed by atoms with Crippen LogP contribution in [0.3, 0.4) is 0 Å². The molecule has 6 nitrogen and oxygen atoms in total. The SMILES string of the molecule is CCC(C(N)=S)S(=O)(=O)N(C)CCC(=O)OC. The molecular formula is C9H18N2O4S2. The topological polar surface area (TPSA) is 89.7 Å². The number of methoxy groups -OCH3 is 1. The van der Waals surface area contributed by atoms with Crippen LogP contribution < -0.4 is 5.73 Å². The fourth-order valence-corrected chi connectivity index (χ4v) is 3.28. The summed E-state index contributed by atoms with van der Waals surface area (Å²) in [6.45, 7) is 1.74. The molecule has 0 saturated heterocycles. The van der Waals surface area contributed by atoms with E-state index in [0.717, 1.165) is 4.31 Å². The highest BCUT2D eigenvalue weighted by atomic mass is 32.2. The van der Waals surface area contributed by atoms with Crippen LogP contribution in [0.15, 0.2) is 0 Å². The Balaban J connectivity index is 4.70. The Morgan fingerprint density at radius 3 is 2.41 bits per heavy atom. The first-order valence-corrected chi connectivity index (χ1v) is 6.99. The zero-order valence-electron chi connectivity index (χ0n) is 10.2. The summed E-state index contributed by atoms with van der Waals surface area (Å²) in [6, 6.07) is 0. The molecule has 0 rings (SSSR count). The maximum Gasteiger partial charge on any atom is 0.306 e. The number of esters is 1. The van der Waals surface area contributed by atoms with Gasteiger partial charge in [-0.05, 0) is 6.42 Å². The molecule has 0 heterocycles. The monoisotopic (exact) mass is 282 g/mol. The molecule has 0 saturated carbocycles. The van der Waals surface area contributed by atoms with Crippen molar-refractivity contribution in [2.24, 2.45) is 5.73 Å². The first kappa shape index (κ1) is 16.3. The molecule has 0 aromatic heterocycles. The summed E-state index contributed by atoms with van der Waals surface area (Å²) in [5.41, 5.74) is 5.39. The van der Waals surface area contributed by atoms with E-state index in [4.69, 9.17) is 18.0 Å². The van der Waals surface area contributed by atoms with Crippen molar-refractivity contribution in [1.82, 2.24) is 4.31 Å². The standard InChI is InChI=1S/C9H18N2O4S2/c1-4-7(9(10)16)17(13,14)11(2)6-5-8(12)15-3/h7H,4-6H2,1-3H3,(H2,10,16). The van der Waals surface area contributed by atoms with Crippen LogP contribution in [0.5, 0.6) is 0 Å². The lowest BCUT2D eigenvalue weighted by atomic mass is 10.3. The van der Waals surface area contributed by atoms with Gasteiger partial charge in [0.15, 0.2) is 0 Å². The molecule has 0 fully saturated rings. The summed E-state index contributed by atoms with van der Waals surface area (Å²) < 4.78 is 29.5. The second-order valence-corrected chi connectivity index (χ2v) is 6.19. The fraction of sp³-hybridized carbons (Fsp3) is 0.778. The molecule has 8 heteroatoms. The third-order valence-corrected chi connectivity index (χ3v) is 5.13. The minimum Gasteiger partial charge on any atom is -0.469 e. The molecule has 0 spiro atoms. The number of hydrogen-bond donors (Lipinski definition) is 1. The Labute approximate surface area is 107 Å². The summed E-state index contributed by atoms with van der Waals surface area (Å²) in [5.74, 6) is -0.463. The predicted octanol–water partition coefficient (Wildman–Crippen LogP) is -0.124. The van der Waals surface area contributed by atoms with Gasteiger partial charge in [0.2, 0.25) is 10.0 Å². The average Bonchev–Trinajstić information content (AvgIpc) is 2.24. The molecule has 1 atom stereocenters. The molecule has 0 aliphatic carbocycles. The minimum absolute atomic E-state index is 0.00000236. The van der Waals surface area contributed by atoms with Crippen molar-refractivity contribution >= 4 is 33.2 Å². The number of ether oxygens (including phenoxy) is 1. The van der Waals surface area contributed by atoms with Crippen molar-refractivity contribution in [3.63, 3.8) is 0 Å².